The van der Waals surface area contributed by atoms with Crippen molar-refractivity contribution in [2.75, 3.05) is 27.2 Å². The van der Waals surface area contributed by atoms with Gasteiger partial charge in [0.05, 0.1) is 26.8 Å². The largest absolute Gasteiger partial charge is 0.454 e. The summed E-state index contributed by atoms with van der Waals surface area (Å²) in [6.07, 6.45) is 2.28. The molecule has 1 aromatic carbocycles. The van der Waals surface area contributed by atoms with Gasteiger partial charge in [-0.3, -0.25) is 0 Å². The SMILES string of the molecule is C[N+]1(C)CCC(OC(=O)C(O)c2ccccc2-c2ncco2)C1. The summed E-state index contributed by atoms with van der Waals surface area (Å²) in [5.41, 5.74) is 1.02. The second-order valence-electron chi connectivity index (χ2n) is 6.52. The number of benzene rings is 1. The summed E-state index contributed by atoms with van der Waals surface area (Å²) in [6, 6.07) is 7.00. The molecule has 1 fully saturated rings. The third-order valence-electron chi connectivity index (χ3n) is 4.18. The molecule has 23 heavy (non-hydrogen) atoms. The van der Waals surface area contributed by atoms with Crippen molar-refractivity contribution in [2.45, 2.75) is 18.6 Å². The van der Waals surface area contributed by atoms with E-state index in [4.69, 9.17) is 9.15 Å². The lowest BCUT2D eigenvalue weighted by Crippen LogP contribution is -2.38. The molecule has 2 unspecified atom stereocenters. The van der Waals surface area contributed by atoms with E-state index in [1.54, 1.807) is 24.3 Å². The molecule has 1 aromatic heterocycles. The zero-order valence-electron chi connectivity index (χ0n) is 13.3. The molecule has 0 bridgehead atoms. The van der Waals surface area contributed by atoms with Gasteiger partial charge in [-0.05, 0) is 6.07 Å². The van der Waals surface area contributed by atoms with Crippen LogP contribution in [0.4, 0.5) is 0 Å². The van der Waals surface area contributed by atoms with Gasteiger partial charge < -0.3 is 18.7 Å². The summed E-state index contributed by atoms with van der Waals surface area (Å²) < 4.78 is 11.6. The van der Waals surface area contributed by atoms with E-state index >= 15 is 0 Å². The molecule has 3 rings (SSSR count). The minimum absolute atomic E-state index is 0.152. The fraction of sp³-hybridized carbons (Fsp3) is 0.412. The van der Waals surface area contributed by atoms with Crippen molar-refractivity contribution in [3.8, 4) is 11.5 Å². The van der Waals surface area contributed by atoms with E-state index in [0.29, 0.717) is 17.0 Å². The van der Waals surface area contributed by atoms with Crippen LogP contribution in [0.3, 0.4) is 0 Å². The second-order valence-corrected chi connectivity index (χ2v) is 6.52. The Morgan fingerprint density at radius 2 is 2.22 bits per heavy atom. The molecule has 1 aliphatic heterocycles. The van der Waals surface area contributed by atoms with Gasteiger partial charge in [0.1, 0.15) is 12.8 Å². The number of aliphatic hydroxyl groups is 1. The van der Waals surface area contributed by atoms with Gasteiger partial charge in [0.25, 0.3) is 0 Å². The van der Waals surface area contributed by atoms with Crippen LogP contribution in [0.1, 0.15) is 18.1 Å². The van der Waals surface area contributed by atoms with Crippen molar-refractivity contribution >= 4 is 5.97 Å². The fourth-order valence-corrected chi connectivity index (χ4v) is 2.97. The van der Waals surface area contributed by atoms with Crippen molar-refractivity contribution in [2.24, 2.45) is 0 Å². The van der Waals surface area contributed by atoms with Crippen LogP contribution in [0.25, 0.3) is 11.5 Å². The van der Waals surface area contributed by atoms with Gasteiger partial charge in [-0.1, -0.05) is 18.2 Å². The number of aliphatic hydroxyl groups excluding tert-OH is 1. The topological polar surface area (TPSA) is 72.6 Å². The molecule has 6 heteroatoms. The van der Waals surface area contributed by atoms with E-state index in [2.05, 4.69) is 19.1 Å². The number of likely N-dealkylation sites (tertiary alicyclic amines) is 1. The number of esters is 1. The van der Waals surface area contributed by atoms with Gasteiger partial charge >= 0.3 is 5.97 Å². The highest BCUT2D eigenvalue weighted by molar-refractivity contribution is 5.79. The number of carbonyl (C=O) groups is 1. The Labute approximate surface area is 134 Å². The highest BCUT2D eigenvalue weighted by Crippen LogP contribution is 2.28. The number of likely N-dealkylation sites (N-methyl/N-ethyl adjacent to an activating group) is 1. The van der Waals surface area contributed by atoms with E-state index in [0.717, 1.165) is 24.0 Å². The molecule has 122 valence electrons. The third-order valence-corrected chi connectivity index (χ3v) is 4.18. The Kier molecular flexibility index (Phi) is 4.19. The van der Waals surface area contributed by atoms with Gasteiger partial charge in [0.2, 0.25) is 5.89 Å². The number of hydrogen-bond acceptors (Lipinski definition) is 5. The van der Waals surface area contributed by atoms with Crippen molar-refractivity contribution < 1.29 is 23.5 Å². The Morgan fingerprint density at radius 3 is 2.87 bits per heavy atom. The molecule has 0 amide bonds. The van der Waals surface area contributed by atoms with Gasteiger partial charge in [-0.2, -0.15) is 0 Å². The summed E-state index contributed by atoms with van der Waals surface area (Å²) in [6.45, 7) is 1.72. The normalized spacial score (nSPS) is 21.1. The number of nitrogens with zero attached hydrogens (tertiary/aromatic N) is 2. The third kappa shape index (κ3) is 3.43. The summed E-state index contributed by atoms with van der Waals surface area (Å²) >= 11 is 0. The molecule has 1 aliphatic rings. The lowest BCUT2D eigenvalue weighted by molar-refractivity contribution is -0.879. The molecule has 0 aliphatic carbocycles. The Balaban J connectivity index is 1.76. The van der Waals surface area contributed by atoms with E-state index < -0.39 is 12.1 Å². The molecular formula is C17H21N2O4+. The first-order valence-corrected chi connectivity index (χ1v) is 7.66. The van der Waals surface area contributed by atoms with Crippen LogP contribution >= 0.6 is 0 Å². The van der Waals surface area contributed by atoms with E-state index in [9.17, 15) is 9.90 Å². The predicted molar refractivity (Wildman–Crippen MR) is 83.2 cm³/mol. The molecule has 0 spiro atoms. The maximum absolute atomic E-state index is 12.3. The maximum atomic E-state index is 12.3. The van der Waals surface area contributed by atoms with Crippen LogP contribution in [0.5, 0.6) is 0 Å². The number of carbonyl (C=O) groups excluding carboxylic acids is 1. The average Bonchev–Trinajstić information content (AvgIpc) is 3.16. The fourth-order valence-electron chi connectivity index (χ4n) is 2.97. The van der Waals surface area contributed by atoms with Crippen molar-refractivity contribution in [3.05, 3.63) is 42.3 Å². The zero-order valence-corrected chi connectivity index (χ0v) is 13.3. The lowest BCUT2D eigenvalue weighted by atomic mass is 10.0. The van der Waals surface area contributed by atoms with E-state index in [1.165, 1.54) is 12.5 Å². The number of hydrogen-bond donors (Lipinski definition) is 1. The lowest BCUT2D eigenvalue weighted by Gasteiger charge is -2.23. The van der Waals surface area contributed by atoms with Crippen LogP contribution in [0, 0.1) is 0 Å². The maximum Gasteiger partial charge on any atom is 0.340 e. The van der Waals surface area contributed by atoms with Crippen molar-refractivity contribution in [3.63, 3.8) is 0 Å². The molecule has 1 saturated heterocycles. The molecule has 0 saturated carbocycles. The predicted octanol–water partition coefficient (Wildman–Crippen LogP) is 1.77. The zero-order chi connectivity index (χ0) is 16.4. The van der Waals surface area contributed by atoms with Gasteiger partial charge in [-0.25, -0.2) is 9.78 Å². The monoisotopic (exact) mass is 317 g/mol. The smallest absolute Gasteiger partial charge is 0.340 e. The summed E-state index contributed by atoms with van der Waals surface area (Å²) in [5.74, 6) is -0.262. The molecule has 0 radical (unpaired) electrons. The summed E-state index contributed by atoms with van der Waals surface area (Å²) in [4.78, 5) is 16.4. The van der Waals surface area contributed by atoms with E-state index in [1.807, 2.05) is 0 Å². The van der Waals surface area contributed by atoms with Crippen LogP contribution in [0.2, 0.25) is 0 Å². The molecule has 6 nitrogen and oxygen atoms in total. The second kappa shape index (κ2) is 6.14. The highest BCUT2D eigenvalue weighted by Gasteiger charge is 2.35. The Hall–Kier alpha value is -2.18. The van der Waals surface area contributed by atoms with Gasteiger partial charge in [0, 0.05) is 17.5 Å². The van der Waals surface area contributed by atoms with Gasteiger partial charge in [-0.15, -0.1) is 0 Å². The number of quaternary nitrogens is 1. The standard InChI is InChI=1S/C17H21N2O4/c1-19(2)9-7-12(11-19)23-17(21)15(20)13-5-3-4-6-14(13)16-18-8-10-22-16/h3-6,8,10,12,15,20H,7,9,11H2,1-2H3/q+1. The first-order valence-electron chi connectivity index (χ1n) is 7.66. The van der Waals surface area contributed by atoms with Crippen LogP contribution in [-0.2, 0) is 9.53 Å². The van der Waals surface area contributed by atoms with Crippen LogP contribution < -0.4 is 0 Å². The van der Waals surface area contributed by atoms with Crippen LogP contribution in [-0.4, -0.2) is 53.8 Å². The summed E-state index contributed by atoms with van der Waals surface area (Å²) in [5, 5.41) is 10.4. The van der Waals surface area contributed by atoms with Crippen molar-refractivity contribution in [1.29, 1.82) is 0 Å². The number of ether oxygens (including phenoxy) is 1. The van der Waals surface area contributed by atoms with Crippen molar-refractivity contribution in [1.82, 2.24) is 4.98 Å². The minimum atomic E-state index is -1.35. The average molecular weight is 317 g/mol. The van der Waals surface area contributed by atoms with Crippen LogP contribution in [0.15, 0.2) is 41.1 Å². The first kappa shape index (κ1) is 15.7. The Morgan fingerprint density at radius 1 is 1.43 bits per heavy atom. The molecule has 2 aromatic rings. The van der Waals surface area contributed by atoms with Gasteiger partial charge in [0.15, 0.2) is 12.2 Å². The molecule has 2 atom stereocenters. The molecular weight excluding hydrogens is 296 g/mol. The Bertz CT molecular complexity index is 682. The minimum Gasteiger partial charge on any atom is -0.454 e. The molecule has 1 N–H and O–H groups in total. The number of oxazole rings is 1. The van der Waals surface area contributed by atoms with E-state index in [-0.39, 0.29) is 6.10 Å². The highest BCUT2D eigenvalue weighted by atomic mass is 16.6. The number of rotatable bonds is 4. The molecule has 2 heterocycles. The number of aromatic nitrogens is 1. The first-order chi connectivity index (χ1) is 11.0. The quantitative estimate of drug-likeness (QED) is 0.687. The summed E-state index contributed by atoms with van der Waals surface area (Å²) in [7, 11) is 4.20.